The van der Waals surface area contributed by atoms with Gasteiger partial charge in [-0.05, 0) is 12.1 Å². The highest BCUT2D eigenvalue weighted by Crippen LogP contribution is 2.21. The number of thioether (sulfide) groups is 1. The fourth-order valence-corrected chi connectivity index (χ4v) is 2.97. The van der Waals surface area contributed by atoms with Gasteiger partial charge < -0.3 is 4.74 Å². The molecule has 0 unspecified atom stereocenters. The molecule has 0 amide bonds. The van der Waals surface area contributed by atoms with Gasteiger partial charge in [0.25, 0.3) is 0 Å². The van der Waals surface area contributed by atoms with Gasteiger partial charge in [-0.3, -0.25) is 10.00 Å². The van der Waals surface area contributed by atoms with Crippen LogP contribution in [0.25, 0.3) is 11.4 Å². The summed E-state index contributed by atoms with van der Waals surface area (Å²) in [7, 11) is 0. The topological polar surface area (TPSA) is 54.0 Å². The molecule has 21 heavy (non-hydrogen) atoms. The third kappa shape index (κ3) is 3.81. The summed E-state index contributed by atoms with van der Waals surface area (Å²) in [6, 6.07) is 6.56. The van der Waals surface area contributed by atoms with Gasteiger partial charge in [-0.1, -0.05) is 23.9 Å². The molecule has 112 valence electrons. The molecule has 0 atom stereocenters. The maximum atomic E-state index is 13.7. The molecule has 1 aromatic carbocycles. The van der Waals surface area contributed by atoms with Crippen LogP contribution in [0.15, 0.2) is 29.4 Å². The molecule has 2 heterocycles. The Labute approximate surface area is 126 Å². The van der Waals surface area contributed by atoms with Gasteiger partial charge in [0.05, 0.1) is 18.8 Å². The zero-order valence-electron chi connectivity index (χ0n) is 11.6. The van der Waals surface area contributed by atoms with E-state index in [2.05, 4.69) is 20.1 Å². The number of nitrogens with one attached hydrogen (secondary N) is 1. The molecule has 1 aliphatic heterocycles. The normalized spacial score (nSPS) is 16.2. The lowest BCUT2D eigenvalue weighted by Gasteiger charge is -2.25. The van der Waals surface area contributed by atoms with Crippen LogP contribution in [0, 0.1) is 5.82 Å². The van der Waals surface area contributed by atoms with Crippen LogP contribution in [-0.4, -0.2) is 58.7 Å². The van der Waals surface area contributed by atoms with Gasteiger partial charge >= 0.3 is 0 Å². The fourth-order valence-electron chi connectivity index (χ4n) is 2.18. The molecule has 0 spiro atoms. The summed E-state index contributed by atoms with van der Waals surface area (Å²) in [4.78, 5) is 6.70. The van der Waals surface area contributed by atoms with Gasteiger partial charge in [0.2, 0.25) is 5.16 Å². The Balaban J connectivity index is 1.54. The summed E-state index contributed by atoms with van der Waals surface area (Å²) in [5, 5.41) is 7.58. The monoisotopic (exact) mass is 308 g/mol. The van der Waals surface area contributed by atoms with Crippen molar-refractivity contribution in [2.75, 3.05) is 38.6 Å². The number of H-pyrrole nitrogens is 1. The molecule has 0 radical (unpaired) electrons. The van der Waals surface area contributed by atoms with Crippen LogP contribution in [0.2, 0.25) is 0 Å². The van der Waals surface area contributed by atoms with E-state index in [1.165, 1.54) is 6.07 Å². The number of hydrogen-bond acceptors (Lipinski definition) is 5. The highest BCUT2D eigenvalue weighted by atomic mass is 32.2. The van der Waals surface area contributed by atoms with E-state index in [0.717, 1.165) is 38.6 Å². The second-order valence-electron chi connectivity index (χ2n) is 4.75. The van der Waals surface area contributed by atoms with Gasteiger partial charge in [0, 0.05) is 25.4 Å². The summed E-state index contributed by atoms with van der Waals surface area (Å²) in [6.07, 6.45) is 0. The third-order valence-electron chi connectivity index (χ3n) is 3.34. The number of aromatic amines is 1. The van der Waals surface area contributed by atoms with Crippen molar-refractivity contribution in [1.82, 2.24) is 20.1 Å². The second-order valence-corrected chi connectivity index (χ2v) is 5.81. The maximum Gasteiger partial charge on any atom is 0.208 e. The molecular formula is C14H17FN4OS. The molecule has 1 aliphatic rings. The SMILES string of the molecule is Fc1ccccc1-c1nc(SCCN2CCOCC2)n[nH]1. The Morgan fingerprint density at radius 2 is 2.10 bits per heavy atom. The van der Waals surface area contributed by atoms with Crippen molar-refractivity contribution in [3.8, 4) is 11.4 Å². The minimum atomic E-state index is -0.293. The number of benzene rings is 1. The van der Waals surface area contributed by atoms with Crippen molar-refractivity contribution in [2.45, 2.75) is 5.16 Å². The predicted molar refractivity (Wildman–Crippen MR) is 79.8 cm³/mol. The van der Waals surface area contributed by atoms with E-state index in [-0.39, 0.29) is 5.82 Å². The second kappa shape index (κ2) is 7.02. The van der Waals surface area contributed by atoms with Crippen molar-refractivity contribution in [1.29, 1.82) is 0 Å². The first-order valence-electron chi connectivity index (χ1n) is 6.93. The zero-order chi connectivity index (χ0) is 14.5. The molecule has 1 fully saturated rings. The van der Waals surface area contributed by atoms with E-state index in [0.29, 0.717) is 16.5 Å². The summed E-state index contributed by atoms with van der Waals surface area (Å²) >= 11 is 1.58. The molecule has 0 bridgehead atoms. The van der Waals surface area contributed by atoms with Crippen LogP contribution < -0.4 is 0 Å². The average Bonchev–Trinajstić information content (AvgIpc) is 2.97. The Morgan fingerprint density at radius 1 is 1.29 bits per heavy atom. The Kier molecular flexibility index (Phi) is 4.84. The first kappa shape index (κ1) is 14.5. The van der Waals surface area contributed by atoms with E-state index in [1.54, 1.807) is 30.0 Å². The molecule has 3 rings (SSSR count). The summed E-state index contributed by atoms with van der Waals surface area (Å²) in [5.74, 6) is 1.09. The minimum absolute atomic E-state index is 0.293. The van der Waals surface area contributed by atoms with Crippen LogP contribution in [0.3, 0.4) is 0 Å². The smallest absolute Gasteiger partial charge is 0.208 e. The minimum Gasteiger partial charge on any atom is -0.379 e. The van der Waals surface area contributed by atoms with Gasteiger partial charge in [-0.25, -0.2) is 9.37 Å². The Hall–Kier alpha value is -1.44. The molecule has 7 heteroatoms. The van der Waals surface area contributed by atoms with Crippen LogP contribution >= 0.6 is 11.8 Å². The van der Waals surface area contributed by atoms with E-state index < -0.39 is 0 Å². The van der Waals surface area contributed by atoms with Crippen molar-refractivity contribution in [3.05, 3.63) is 30.1 Å². The summed E-state index contributed by atoms with van der Waals surface area (Å²) < 4.78 is 19.0. The number of halogens is 1. The molecular weight excluding hydrogens is 291 g/mol. The first-order chi connectivity index (χ1) is 10.3. The molecule has 5 nitrogen and oxygen atoms in total. The van der Waals surface area contributed by atoms with Crippen molar-refractivity contribution in [3.63, 3.8) is 0 Å². The first-order valence-corrected chi connectivity index (χ1v) is 7.92. The standard InChI is InChI=1S/C14H17FN4OS/c15-12-4-2-1-3-11(12)13-16-14(18-17-13)21-10-7-19-5-8-20-9-6-19/h1-4H,5-10H2,(H,16,17,18). The van der Waals surface area contributed by atoms with Crippen LogP contribution in [0.5, 0.6) is 0 Å². The number of aromatic nitrogens is 3. The molecule has 0 saturated carbocycles. The van der Waals surface area contributed by atoms with Gasteiger partial charge in [0.1, 0.15) is 5.82 Å². The van der Waals surface area contributed by atoms with Crippen LogP contribution in [0.4, 0.5) is 4.39 Å². The molecule has 1 aromatic heterocycles. The highest BCUT2D eigenvalue weighted by molar-refractivity contribution is 7.99. The van der Waals surface area contributed by atoms with Crippen molar-refractivity contribution >= 4 is 11.8 Å². The van der Waals surface area contributed by atoms with Crippen molar-refractivity contribution < 1.29 is 9.13 Å². The number of nitrogens with zero attached hydrogens (tertiary/aromatic N) is 3. The summed E-state index contributed by atoms with van der Waals surface area (Å²) in [5.41, 5.74) is 0.449. The number of morpholine rings is 1. The molecule has 1 N–H and O–H groups in total. The molecule has 1 saturated heterocycles. The Bertz CT molecular complexity index is 586. The zero-order valence-corrected chi connectivity index (χ0v) is 12.4. The highest BCUT2D eigenvalue weighted by Gasteiger charge is 2.12. The largest absolute Gasteiger partial charge is 0.379 e. The lowest BCUT2D eigenvalue weighted by atomic mass is 10.2. The van der Waals surface area contributed by atoms with Crippen LogP contribution in [-0.2, 0) is 4.74 Å². The van der Waals surface area contributed by atoms with E-state index >= 15 is 0 Å². The summed E-state index contributed by atoms with van der Waals surface area (Å²) in [6.45, 7) is 4.56. The number of ether oxygens (including phenoxy) is 1. The molecule has 0 aliphatic carbocycles. The Morgan fingerprint density at radius 3 is 2.90 bits per heavy atom. The van der Waals surface area contributed by atoms with Crippen molar-refractivity contribution in [2.24, 2.45) is 0 Å². The lowest BCUT2D eigenvalue weighted by Crippen LogP contribution is -2.37. The van der Waals surface area contributed by atoms with E-state index in [1.807, 2.05) is 0 Å². The maximum absolute atomic E-state index is 13.7. The predicted octanol–water partition coefficient (Wildman–Crippen LogP) is 2.04. The number of rotatable bonds is 5. The number of hydrogen-bond donors (Lipinski definition) is 1. The fraction of sp³-hybridized carbons (Fsp3) is 0.429. The quantitative estimate of drug-likeness (QED) is 0.857. The van der Waals surface area contributed by atoms with Crippen LogP contribution in [0.1, 0.15) is 0 Å². The third-order valence-corrected chi connectivity index (χ3v) is 4.16. The van der Waals surface area contributed by atoms with E-state index in [4.69, 9.17) is 4.74 Å². The lowest BCUT2D eigenvalue weighted by molar-refractivity contribution is 0.0410. The van der Waals surface area contributed by atoms with Gasteiger partial charge in [0.15, 0.2) is 5.82 Å². The molecule has 2 aromatic rings. The van der Waals surface area contributed by atoms with E-state index in [9.17, 15) is 4.39 Å². The van der Waals surface area contributed by atoms with Gasteiger partial charge in [-0.15, -0.1) is 5.10 Å². The van der Waals surface area contributed by atoms with Gasteiger partial charge in [-0.2, -0.15) is 0 Å². The average molecular weight is 308 g/mol.